The second-order valence-corrected chi connectivity index (χ2v) is 4.67. The van der Waals surface area contributed by atoms with Crippen molar-refractivity contribution in [2.75, 3.05) is 13.7 Å². The molecule has 3 N–H and O–H groups in total. The van der Waals surface area contributed by atoms with Crippen molar-refractivity contribution < 1.29 is 9.53 Å². The first-order valence-electron chi connectivity index (χ1n) is 6.00. The monoisotopic (exact) mass is 266 g/mol. The molecule has 5 heteroatoms. The van der Waals surface area contributed by atoms with E-state index < -0.39 is 6.04 Å². The Kier molecular flexibility index (Phi) is 10.8. The van der Waals surface area contributed by atoms with Crippen molar-refractivity contribution in [1.29, 1.82) is 0 Å². The van der Waals surface area contributed by atoms with Crippen LogP contribution < -0.4 is 11.1 Å². The van der Waals surface area contributed by atoms with Gasteiger partial charge in [0.25, 0.3) is 0 Å². The lowest BCUT2D eigenvalue weighted by atomic mass is 9.99. The number of ether oxygens (including phenoxy) is 1. The van der Waals surface area contributed by atoms with Crippen LogP contribution in [0.25, 0.3) is 0 Å². The standard InChI is InChI=1S/C12H26N2O2.ClH/c1-6-9(4)11(13)12(15)14-7-10(16-5)8(2)3;/h8-11H,6-7,13H2,1-5H3,(H,14,15);1H. The summed E-state index contributed by atoms with van der Waals surface area (Å²) >= 11 is 0. The van der Waals surface area contributed by atoms with Gasteiger partial charge in [0.2, 0.25) is 5.91 Å². The molecule has 0 aliphatic rings. The maximum Gasteiger partial charge on any atom is 0.237 e. The van der Waals surface area contributed by atoms with E-state index in [-0.39, 0.29) is 30.3 Å². The zero-order valence-electron chi connectivity index (χ0n) is 11.5. The summed E-state index contributed by atoms with van der Waals surface area (Å²) in [6.07, 6.45) is 0.958. The highest BCUT2D eigenvalue weighted by molar-refractivity contribution is 5.85. The molecule has 0 aliphatic carbocycles. The summed E-state index contributed by atoms with van der Waals surface area (Å²) in [5, 5.41) is 2.84. The molecule has 0 rings (SSSR count). The van der Waals surface area contributed by atoms with E-state index in [1.807, 2.05) is 13.8 Å². The molecule has 0 aromatic rings. The summed E-state index contributed by atoms with van der Waals surface area (Å²) in [7, 11) is 1.66. The SMILES string of the molecule is CCC(C)C(N)C(=O)NCC(OC)C(C)C.Cl. The Morgan fingerprint density at radius 1 is 1.35 bits per heavy atom. The lowest BCUT2D eigenvalue weighted by Crippen LogP contribution is -2.47. The van der Waals surface area contributed by atoms with Crippen molar-refractivity contribution >= 4 is 18.3 Å². The summed E-state index contributed by atoms with van der Waals surface area (Å²) in [5.74, 6) is 0.502. The fraction of sp³-hybridized carbons (Fsp3) is 0.917. The van der Waals surface area contributed by atoms with Crippen LogP contribution in [-0.2, 0) is 9.53 Å². The van der Waals surface area contributed by atoms with E-state index in [4.69, 9.17) is 10.5 Å². The van der Waals surface area contributed by atoms with Crippen molar-refractivity contribution in [1.82, 2.24) is 5.32 Å². The lowest BCUT2D eigenvalue weighted by molar-refractivity contribution is -0.124. The molecule has 3 unspecified atom stereocenters. The molecular weight excluding hydrogens is 240 g/mol. The molecule has 4 nitrogen and oxygen atoms in total. The van der Waals surface area contributed by atoms with Gasteiger partial charge in [0.15, 0.2) is 0 Å². The third-order valence-electron chi connectivity index (χ3n) is 3.08. The summed E-state index contributed by atoms with van der Waals surface area (Å²) in [5.41, 5.74) is 5.82. The first-order chi connectivity index (χ1) is 7.43. The number of halogens is 1. The molecule has 0 spiro atoms. The molecule has 0 aromatic carbocycles. The van der Waals surface area contributed by atoms with Gasteiger partial charge in [0, 0.05) is 13.7 Å². The van der Waals surface area contributed by atoms with Gasteiger partial charge in [-0.15, -0.1) is 12.4 Å². The molecule has 17 heavy (non-hydrogen) atoms. The smallest absolute Gasteiger partial charge is 0.237 e. The molecule has 0 radical (unpaired) electrons. The fourth-order valence-electron chi connectivity index (χ4n) is 1.42. The van der Waals surface area contributed by atoms with Gasteiger partial charge >= 0.3 is 0 Å². The Balaban J connectivity index is 0. The van der Waals surface area contributed by atoms with Crippen LogP contribution in [0.2, 0.25) is 0 Å². The number of amides is 1. The van der Waals surface area contributed by atoms with Crippen LogP contribution in [0.15, 0.2) is 0 Å². The van der Waals surface area contributed by atoms with E-state index in [9.17, 15) is 4.79 Å². The minimum Gasteiger partial charge on any atom is -0.379 e. The van der Waals surface area contributed by atoms with Gasteiger partial charge in [0.05, 0.1) is 12.1 Å². The van der Waals surface area contributed by atoms with E-state index in [0.29, 0.717) is 12.5 Å². The number of hydrogen-bond donors (Lipinski definition) is 2. The first kappa shape index (κ1) is 19.0. The van der Waals surface area contributed by atoms with E-state index in [1.54, 1.807) is 7.11 Å². The van der Waals surface area contributed by atoms with Gasteiger partial charge in [0.1, 0.15) is 0 Å². The van der Waals surface area contributed by atoms with E-state index in [1.165, 1.54) is 0 Å². The molecule has 0 saturated carbocycles. The maximum atomic E-state index is 11.7. The molecule has 3 atom stereocenters. The predicted octanol–water partition coefficient (Wildman–Crippen LogP) is 1.57. The maximum absolute atomic E-state index is 11.7. The molecule has 0 fully saturated rings. The Bertz CT molecular complexity index is 213. The highest BCUT2D eigenvalue weighted by Crippen LogP contribution is 2.07. The van der Waals surface area contributed by atoms with Crippen molar-refractivity contribution in [2.45, 2.75) is 46.3 Å². The van der Waals surface area contributed by atoms with Crippen molar-refractivity contribution in [3.8, 4) is 0 Å². The number of nitrogens with one attached hydrogen (secondary N) is 1. The first-order valence-corrected chi connectivity index (χ1v) is 6.00. The molecule has 0 aliphatic heterocycles. The normalized spacial score (nSPS) is 15.9. The zero-order chi connectivity index (χ0) is 12.7. The van der Waals surface area contributed by atoms with Gasteiger partial charge in [-0.2, -0.15) is 0 Å². The van der Waals surface area contributed by atoms with Gasteiger partial charge < -0.3 is 15.8 Å². The van der Waals surface area contributed by atoms with E-state index >= 15 is 0 Å². The van der Waals surface area contributed by atoms with Gasteiger partial charge in [-0.05, 0) is 11.8 Å². The minimum absolute atomic E-state index is 0. The number of methoxy groups -OCH3 is 1. The quantitative estimate of drug-likeness (QED) is 0.735. The van der Waals surface area contributed by atoms with Crippen LogP contribution in [0.1, 0.15) is 34.1 Å². The fourth-order valence-corrected chi connectivity index (χ4v) is 1.42. The van der Waals surface area contributed by atoms with Crippen molar-refractivity contribution in [3.05, 3.63) is 0 Å². The van der Waals surface area contributed by atoms with E-state index in [2.05, 4.69) is 19.2 Å². The van der Waals surface area contributed by atoms with E-state index in [0.717, 1.165) is 6.42 Å². The highest BCUT2D eigenvalue weighted by Gasteiger charge is 2.20. The Morgan fingerprint density at radius 2 is 1.88 bits per heavy atom. The van der Waals surface area contributed by atoms with Gasteiger partial charge in [-0.25, -0.2) is 0 Å². The molecular formula is C12H27ClN2O2. The van der Waals surface area contributed by atoms with Crippen molar-refractivity contribution in [2.24, 2.45) is 17.6 Å². The third kappa shape index (κ3) is 6.86. The second-order valence-electron chi connectivity index (χ2n) is 4.67. The molecule has 0 saturated heterocycles. The summed E-state index contributed by atoms with van der Waals surface area (Å²) < 4.78 is 5.27. The summed E-state index contributed by atoms with van der Waals surface area (Å²) in [6.45, 7) is 8.67. The molecule has 1 amide bonds. The van der Waals surface area contributed by atoms with Crippen LogP contribution in [0.4, 0.5) is 0 Å². The van der Waals surface area contributed by atoms with Gasteiger partial charge in [-0.1, -0.05) is 34.1 Å². The molecule has 0 bridgehead atoms. The summed E-state index contributed by atoms with van der Waals surface area (Å²) in [4.78, 5) is 11.7. The third-order valence-corrected chi connectivity index (χ3v) is 3.08. The zero-order valence-corrected chi connectivity index (χ0v) is 12.3. The second kappa shape index (κ2) is 9.68. The van der Waals surface area contributed by atoms with Crippen LogP contribution >= 0.6 is 12.4 Å². The van der Waals surface area contributed by atoms with Crippen LogP contribution in [0.5, 0.6) is 0 Å². The molecule has 0 heterocycles. The number of carbonyl (C=O) groups excluding carboxylic acids is 1. The number of carbonyl (C=O) groups is 1. The lowest BCUT2D eigenvalue weighted by Gasteiger charge is -2.22. The highest BCUT2D eigenvalue weighted by atomic mass is 35.5. The number of rotatable bonds is 7. The average Bonchev–Trinajstić information content (AvgIpc) is 2.26. The number of hydrogen-bond acceptors (Lipinski definition) is 3. The molecule has 0 aromatic heterocycles. The largest absolute Gasteiger partial charge is 0.379 e. The van der Waals surface area contributed by atoms with Gasteiger partial charge in [-0.3, -0.25) is 4.79 Å². The average molecular weight is 267 g/mol. The minimum atomic E-state index is -0.422. The Hall–Kier alpha value is -0.320. The number of nitrogens with two attached hydrogens (primary N) is 1. The van der Waals surface area contributed by atoms with Crippen LogP contribution in [0, 0.1) is 11.8 Å². The Morgan fingerprint density at radius 3 is 2.24 bits per heavy atom. The Labute approximate surface area is 111 Å². The predicted molar refractivity (Wildman–Crippen MR) is 73.3 cm³/mol. The topological polar surface area (TPSA) is 64.4 Å². The van der Waals surface area contributed by atoms with Crippen LogP contribution in [-0.4, -0.2) is 31.7 Å². The molecule has 104 valence electrons. The van der Waals surface area contributed by atoms with Crippen molar-refractivity contribution in [3.63, 3.8) is 0 Å². The summed E-state index contributed by atoms with van der Waals surface area (Å²) in [6, 6.07) is -0.422. The van der Waals surface area contributed by atoms with Crippen LogP contribution in [0.3, 0.4) is 0 Å².